The Morgan fingerprint density at radius 1 is 0.354 bits per heavy atom. The molecule has 0 N–H and O–H groups in total. The molecule has 4 bridgehead atoms. The van der Waals surface area contributed by atoms with Gasteiger partial charge in [-0.2, -0.15) is 0 Å². The molecule has 8 aromatic carbocycles. The summed E-state index contributed by atoms with van der Waals surface area (Å²) in [6.45, 7) is 0. The van der Waals surface area contributed by atoms with Gasteiger partial charge in [-0.3, -0.25) is 0 Å². The number of fused-ring (bicyclic) bond motifs is 6. The van der Waals surface area contributed by atoms with Crippen molar-refractivity contribution in [1.29, 1.82) is 0 Å². The van der Waals surface area contributed by atoms with Crippen LogP contribution in [0.15, 0.2) is 192 Å². The second-order valence-electron chi connectivity index (χ2n) is 19.2. The number of hydrogen-bond donors (Lipinski definition) is 0. The monoisotopic (exact) mass is 835 g/mol. The Kier molecular flexibility index (Phi) is 8.13. The van der Waals surface area contributed by atoms with Crippen molar-refractivity contribution in [2.45, 2.75) is 37.5 Å². The van der Waals surface area contributed by atoms with E-state index < -0.39 is 0 Å². The summed E-state index contributed by atoms with van der Waals surface area (Å²) in [5.41, 5.74) is 17.7. The van der Waals surface area contributed by atoms with Gasteiger partial charge in [0.25, 0.3) is 0 Å². The first kappa shape index (κ1) is 37.0. The Bertz CT molecular complexity index is 3350. The summed E-state index contributed by atoms with van der Waals surface area (Å²) in [5, 5.41) is 2.35. The van der Waals surface area contributed by atoms with Gasteiger partial charge >= 0.3 is 0 Å². The quantitative estimate of drug-likeness (QED) is 0.167. The SMILES string of the molecule is c1ccc(-c2ccc(-c3nc(-c4ccc(-c5ccccc5)cc4)nc(-c4ccc5c(c4)C4(c6ccc(-c7cccc8oc9ccccc9c78)cc6-5)C5CC6CC(C5)CC4C6)n3)cc2)cc1. The standard InChI is InChI=1S/C61H45N3O/c1-3-10-39(11-4-1)41-18-22-43(23-19-41)58-62-59(44-24-20-42(21-25-44)40-12-5-2-6-13-40)64-60(63-58)46-26-28-50-52-35-45(49-15-9-17-56-57(49)51-14-7-8-16-55(51)65-56)27-29-53(52)61(54(50)36-46)47-31-37-30-38(33-47)34-48(61)32-37/h1-29,35-38,47-48H,30-34H2. The number of nitrogens with zero attached hydrogens (tertiary/aromatic N) is 3. The summed E-state index contributed by atoms with van der Waals surface area (Å²) >= 11 is 0. The maximum Gasteiger partial charge on any atom is 0.164 e. The fourth-order valence-electron chi connectivity index (χ4n) is 13.2. The van der Waals surface area contributed by atoms with E-state index in [1.807, 2.05) is 0 Å². The molecule has 15 rings (SSSR count). The summed E-state index contributed by atoms with van der Waals surface area (Å²) in [4.78, 5) is 15.9. The van der Waals surface area contributed by atoms with Crippen LogP contribution < -0.4 is 0 Å². The van der Waals surface area contributed by atoms with Crippen LogP contribution in [-0.4, -0.2) is 15.0 Å². The first-order chi connectivity index (χ1) is 32.1. The Morgan fingerprint density at radius 3 is 1.49 bits per heavy atom. The molecule has 0 aliphatic heterocycles. The fourth-order valence-corrected chi connectivity index (χ4v) is 13.2. The van der Waals surface area contributed by atoms with Crippen LogP contribution in [0.2, 0.25) is 0 Å². The van der Waals surface area contributed by atoms with Crippen molar-refractivity contribution in [2.75, 3.05) is 0 Å². The third-order valence-electron chi connectivity index (χ3n) is 15.8. The maximum absolute atomic E-state index is 6.38. The highest BCUT2D eigenvalue weighted by molar-refractivity contribution is 6.12. The smallest absolute Gasteiger partial charge is 0.164 e. The van der Waals surface area contributed by atoms with E-state index in [1.54, 1.807) is 0 Å². The van der Waals surface area contributed by atoms with Gasteiger partial charge in [0.05, 0.1) is 0 Å². The van der Waals surface area contributed by atoms with Gasteiger partial charge in [0.2, 0.25) is 0 Å². The second kappa shape index (κ2) is 14.3. The molecular formula is C61H45N3O. The van der Waals surface area contributed by atoms with Crippen LogP contribution in [0.3, 0.4) is 0 Å². The van der Waals surface area contributed by atoms with E-state index >= 15 is 0 Å². The lowest BCUT2D eigenvalue weighted by Gasteiger charge is -2.61. The number of rotatable bonds is 6. The Labute approximate surface area is 378 Å². The Morgan fingerprint density at radius 2 is 0.862 bits per heavy atom. The van der Waals surface area contributed by atoms with Crippen LogP contribution in [0.4, 0.5) is 0 Å². The highest BCUT2D eigenvalue weighted by atomic mass is 16.3. The lowest BCUT2D eigenvalue weighted by molar-refractivity contribution is -0.0399. The Hall–Kier alpha value is -7.43. The van der Waals surface area contributed by atoms with Gasteiger partial charge in [-0.15, -0.1) is 0 Å². The van der Waals surface area contributed by atoms with Crippen molar-refractivity contribution in [1.82, 2.24) is 15.0 Å². The number of hydrogen-bond acceptors (Lipinski definition) is 4. The molecule has 2 aromatic heterocycles. The van der Waals surface area contributed by atoms with E-state index in [9.17, 15) is 0 Å². The molecule has 4 nitrogen and oxygen atoms in total. The van der Waals surface area contributed by atoms with Gasteiger partial charge in [0, 0.05) is 32.9 Å². The van der Waals surface area contributed by atoms with Crippen molar-refractivity contribution in [3.63, 3.8) is 0 Å². The summed E-state index contributed by atoms with van der Waals surface area (Å²) in [6, 6.07) is 67.9. The molecule has 0 atom stereocenters. The van der Waals surface area contributed by atoms with Crippen molar-refractivity contribution in [3.05, 3.63) is 199 Å². The average molecular weight is 836 g/mol. The van der Waals surface area contributed by atoms with Gasteiger partial charge in [-0.05, 0) is 136 Å². The minimum Gasteiger partial charge on any atom is -0.456 e. The third kappa shape index (κ3) is 5.72. The lowest BCUT2D eigenvalue weighted by Crippen LogP contribution is -2.55. The minimum absolute atomic E-state index is 0.0276. The Balaban J connectivity index is 0.932. The molecule has 0 saturated heterocycles. The van der Waals surface area contributed by atoms with Crippen LogP contribution in [-0.2, 0) is 5.41 Å². The summed E-state index contributed by atoms with van der Waals surface area (Å²) in [7, 11) is 0. The number of aromatic nitrogens is 3. The van der Waals surface area contributed by atoms with E-state index in [2.05, 4.69) is 188 Å². The fraction of sp³-hybridized carbons (Fsp3) is 0.164. The lowest BCUT2D eigenvalue weighted by atomic mass is 9.43. The molecule has 2 heterocycles. The third-order valence-corrected chi connectivity index (χ3v) is 15.8. The molecule has 4 saturated carbocycles. The highest BCUT2D eigenvalue weighted by Gasteiger charge is 2.61. The molecular weight excluding hydrogens is 791 g/mol. The normalized spacial score (nSPS) is 21.3. The number of para-hydroxylation sites is 1. The molecule has 4 fully saturated rings. The molecule has 0 unspecified atom stereocenters. The summed E-state index contributed by atoms with van der Waals surface area (Å²) < 4.78 is 6.38. The first-order valence-corrected chi connectivity index (χ1v) is 23.4. The zero-order valence-electron chi connectivity index (χ0n) is 36.0. The van der Waals surface area contributed by atoms with Crippen LogP contribution >= 0.6 is 0 Å². The second-order valence-corrected chi connectivity index (χ2v) is 19.2. The predicted octanol–water partition coefficient (Wildman–Crippen LogP) is 15.5. The minimum atomic E-state index is -0.0276. The van der Waals surface area contributed by atoms with Crippen LogP contribution in [0.25, 0.3) is 101 Å². The zero-order chi connectivity index (χ0) is 42.6. The van der Waals surface area contributed by atoms with Gasteiger partial charge in [0.15, 0.2) is 17.5 Å². The van der Waals surface area contributed by atoms with Crippen LogP contribution in [0, 0.1) is 23.7 Å². The molecule has 5 aliphatic carbocycles. The molecule has 5 aliphatic rings. The number of furan rings is 1. The van der Waals surface area contributed by atoms with Crippen LogP contribution in [0.1, 0.15) is 43.2 Å². The summed E-state index contributed by atoms with van der Waals surface area (Å²) in [5.74, 6) is 5.00. The predicted molar refractivity (Wildman–Crippen MR) is 263 cm³/mol. The van der Waals surface area contributed by atoms with Gasteiger partial charge in [-0.1, -0.05) is 164 Å². The van der Waals surface area contributed by atoms with Gasteiger partial charge in [-0.25, -0.2) is 15.0 Å². The van der Waals surface area contributed by atoms with Gasteiger partial charge in [0.1, 0.15) is 11.2 Å². The van der Waals surface area contributed by atoms with Crippen molar-refractivity contribution < 1.29 is 4.42 Å². The van der Waals surface area contributed by atoms with E-state index in [1.165, 1.54) is 82.0 Å². The topological polar surface area (TPSA) is 51.8 Å². The van der Waals surface area contributed by atoms with E-state index in [-0.39, 0.29) is 5.41 Å². The molecule has 4 heteroatoms. The van der Waals surface area contributed by atoms with Crippen molar-refractivity contribution in [2.24, 2.45) is 23.7 Å². The molecule has 65 heavy (non-hydrogen) atoms. The molecule has 0 amide bonds. The molecule has 10 aromatic rings. The average Bonchev–Trinajstić information content (AvgIpc) is 3.89. The molecule has 1 spiro atoms. The van der Waals surface area contributed by atoms with Crippen molar-refractivity contribution >= 4 is 21.9 Å². The first-order valence-electron chi connectivity index (χ1n) is 23.4. The van der Waals surface area contributed by atoms with E-state index in [0.717, 1.165) is 56.2 Å². The van der Waals surface area contributed by atoms with Gasteiger partial charge < -0.3 is 4.42 Å². The van der Waals surface area contributed by atoms with E-state index in [4.69, 9.17) is 19.4 Å². The highest BCUT2D eigenvalue weighted by Crippen LogP contribution is 2.69. The zero-order valence-corrected chi connectivity index (χ0v) is 36.0. The van der Waals surface area contributed by atoms with E-state index in [0.29, 0.717) is 29.3 Å². The van der Waals surface area contributed by atoms with Crippen molar-refractivity contribution in [3.8, 4) is 78.7 Å². The van der Waals surface area contributed by atoms with Crippen LogP contribution in [0.5, 0.6) is 0 Å². The largest absolute Gasteiger partial charge is 0.456 e. The number of benzene rings is 8. The summed E-state index contributed by atoms with van der Waals surface area (Å²) in [6.07, 6.45) is 6.68. The maximum atomic E-state index is 6.38. The molecule has 0 radical (unpaired) electrons. The molecule has 310 valence electrons.